The summed E-state index contributed by atoms with van der Waals surface area (Å²) in [5.41, 5.74) is 3.64. The molecule has 188 valence electrons. The molecule has 0 unspecified atom stereocenters. The Bertz CT molecular complexity index is 1290. The fourth-order valence-electron chi connectivity index (χ4n) is 4.15. The average Bonchev–Trinajstić information content (AvgIpc) is 2.93. The van der Waals surface area contributed by atoms with Gasteiger partial charge in [0, 0.05) is 29.6 Å². The van der Waals surface area contributed by atoms with Gasteiger partial charge in [0.05, 0.1) is 0 Å². The molecule has 0 saturated carbocycles. The Kier molecular flexibility index (Phi) is 9.36. The van der Waals surface area contributed by atoms with Crippen LogP contribution in [-0.4, -0.2) is 16.7 Å². The normalized spacial score (nSPS) is 11.5. The number of benzene rings is 4. The van der Waals surface area contributed by atoms with Gasteiger partial charge in [-0.05, 0) is 52.9 Å². The Balaban J connectivity index is 1.62. The van der Waals surface area contributed by atoms with Crippen molar-refractivity contribution in [1.82, 2.24) is 10.2 Å². The minimum atomic E-state index is -0.799. The monoisotopic (exact) mass is 530 g/mol. The summed E-state index contributed by atoms with van der Waals surface area (Å²) in [4.78, 5) is 29.1. The zero-order valence-corrected chi connectivity index (χ0v) is 21.8. The first kappa shape index (κ1) is 26.5. The van der Waals surface area contributed by atoms with Crippen molar-refractivity contribution in [3.63, 3.8) is 0 Å². The number of aryl methyl sites for hydroxylation is 1. The molecule has 37 heavy (non-hydrogen) atoms. The molecule has 0 aromatic heterocycles. The number of nitrogens with zero attached hydrogens (tertiary/aromatic N) is 1. The molecule has 0 bridgehead atoms. The van der Waals surface area contributed by atoms with Crippen LogP contribution in [0, 0.1) is 0 Å². The number of carbonyl (C=O) groups is 2. The second kappa shape index (κ2) is 13.1. The summed E-state index contributed by atoms with van der Waals surface area (Å²) < 4.78 is 0. The fourth-order valence-corrected chi connectivity index (χ4v) is 4.40. The Labute approximate surface area is 227 Å². The van der Waals surface area contributed by atoms with E-state index in [4.69, 9.17) is 23.2 Å². The number of nitrogens with one attached hydrogen (secondary N) is 1. The molecular formula is C31H28Cl2N2O2. The predicted octanol–water partition coefficient (Wildman–Crippen LogP) is 7.01. The molecule has 4 aromatic rings. The molecule has 1 N–H and O–H groups in total. The van der Waals surface area contributed by atoms with Gasteiger partial charge in [0.25, 0.3) is 0 Å². The van der Waals surface area contributed by atoms with Crippen molar-refractivity contribution in [3.05, 3.63) is 141 Å². The molecule has 4 rings (SSSR count). The van der Waals surface area contributed by atoms with Crippen LogP contribution in [0.3, 0.4) is 0 Å². The molecule has 6 heteroatoms. The Hall–Kier alpha value is -3.60. The second-order valence-corrected chi connectivity index (χ2v) is 9.66. The summed E-state index contributed by atoms with van der Waals surface area (Å²) in [5, 5.41) is 4.28. The number of carbonyl (C=O) groups excluding carboxylic acids is 2. The first-order valence-corrected chi connectivity index (χ1v) is 12.9. The molecule has 0 saturated heterocycles. The van der Waals surface area contributed by atoms with E-state index in [0.717, 1.165) is 22.3 Å². The third-order valence-electron chi connectivity index (χ3n) is 6.11. The van der Waals surface area contributed by atoms with Gasteiger partial charge in [-0.1, -0.05) is 108 Å². The molecule has 0 aliphatic carbocycles. The molecule has 0 spiro atoms. The maximum absolute atomic E-state index is 13.7. The minimum absolute atomic E-state index is 0.103. The quantitative estimate of drug-likeness (QED) is 0.239. The molecule has 0 aliphatic rings. The average molecular weight is 531 g/mol. The summed E-state index contributed by atoms with van der Waals surface area (Å²) in [6.07, 6.45) is 0.871. The van der Waals surface area contributed by atoms with Crippen LogP contribution in [-0.2, 0) is 29.1 Å². The lowest BCUT2D eigenvalue weighted by atomic mass is 10.0. The third-order valence-corrected chi connectivity index (χ3v) is 6.62. The van der Waals surface area contributed by atoms with Crippen LogP contribution in [0.4, 0.5) is 0 Å². The number of rotatable bonds is 10. The van der Waals surface area contributed by atoms with E-state index in [-0.39, 0.29) is 24.8 Å². The summed E-state index contributed by atoms with van der Waals surface area (Å²) >= 11 is 12.1. The topological polar surface area (TPSA) is 49.4 Å². The number of hydrogen-bond acceptors (Lipinski definition) is 2. The first-order chi connectivity index (χ1) is 18.0. The minimum Gasteiger partial charge on any atom is -0.350 e. The van der Waals surface area contributed by atoms with Crippen LogP contribution in [0.2, 0.25) is 10.0 Å². The van der Waals surface area contributed by atoms with Gasteiger partial charge in [-0.2, -0.15) is 0 Å². The lowest BCUT2D eigenvalue weighted by Gasteiger charge is -2.32. The molecule has 1 atom stereocenters. The van der Waals surface area contributed by atoms with E-state index < -0.39 is 6.04 Å². The number of halogens is 2. The second-order valence-electron chi connectivity index (χ2n) is 8.79. The van der Waals surface area contributed by atoms with Crippen LogP contribution >= 0.6 is 23.2 Å². The van der Waals surface area contributed by atoms with Gasteiger partial charge in [-0.15, -0.1) is 0 Å². The molecular weight excluding hydrogens is 503 g/mol. The van der Waals surface area contributed by atoms with E-state index in [1.54, 1.807) is 29.2 Å². The van der Waals surface area contributed by atoms with Crippen LogP contribution in [0.25, 0.3) is 0 Å². The van der Waals surface area contributed by atoms with Crippen molar-refractivity contribution >= 4 is 35.0 Å². The molecule has 0 radical (unpaired) electrons. The van der Waals surface area contributed by atoms with E-state index >= 15 is 0 Å². The summed E-state index contributed by atoms with van der Waals surface area (Å²) in [6.45, 7) is 0.602. The molecule has 4 nitrogen and oxygen atoms in total. The van der Waals surface area contributed by atoms with E-state index in [1.165, 1.54) is 0 Å². The van der Waals surface area contributed by atoms with Gasteiger partial charge in [-0.25, -0.2) is 0 Å². The SMILES string of the molecule is O=C(NCc1ccc(Cl)cc1)[C@@H](c1ccccc1)N(Cc1ccc(Cl)cc1)C(=O)CCc1ccccc1. The van der Waals surface area contributed by atoms with Crippen LogP contribution < -0.4 is 5.32 Å². The first-order valence-electron chi connectivity index (χ1n) is 12.1. The van der Waals surface area contributed by atoms with Crippen molar-refractivity contribution < 1.29 is 9.59 Å². The van der Waals surface area contributed by atoms with E-state index in [1.807, 2.05) is 84.9 Å². The van der Waals surface area contributed by atoms with Crippen LogP contribution in [0.15, 0.2) is 109 Å². The maximum atomic E-state index is 13.7. The van der Waals surface area contributed by atoms with Gasteiger partial charge < -0.3 is 10.2 Å². The van der Waals surface area contributed by atoms with Crippen molar-refractivity contribution in [2.45, 2.75) is 32.0 Å². The highest BCUT2D eigenvalue weighted by Gasteiger charge is 2.31. The van der Waals surface area contributed by atoms with Crippen LogP contribution in [0.1, 0.15) is 34.7 Å². The van der Waals surface area contributed by atoms with Gasteiger partial charge >= 0.3 is 0 Å². The highest BCUT2D eigenvalue weighted by molar-refractivity contribution is 6.30. The zero-order chi connectivity index (χ0) is 26.0. The van der Waals surface area contributed by atoms with Gasteiger partial charge in [0.1, 0.15) is 6.04 Å². The standard InChI is InChI=1S/C31H28Cl2N2O2/c32-27-16-11-24(12-17-27)21-34-31(37)30(26-9-5-2-6-10-26)35(22-25-13-18-28(33)19-14-25)29(36)20-15-23-7-3-1-4-8-23/h1-14,16-19,30H,15,20-22H2,(H,34,37)/t30-/m1/s1. The predicted molar refractivity (Wildman–Crippen MR) is 149 cm³/mol. The Morgan fingerprint density at radius 1 is 0.676 bits per heavy atom. The van der Waals surface area contributed by atoms with Gasteiger partial charge in [-0.3, -0.25) is 9.59 Å². The highest BCUT2D eigenvalue weighted by atomic mass is 35.5. The Morgan fingerprint density at radius 2 is 1.22 bits per heavy atom. The third kappa shape index (κ3) is 7.69. The molecule has 2 amide bonds. The summed E-state index contributed by atoms with van der Waals surface area (Å²) in [5.74, 6) is -0.350. The van der Waals surface area contributed by atoms with Crippen LogP contribution in [0.5, 0.6) is 0 Å². The van der Waals surface area contributed by atoms with Crippen molar-refractivity contribution in [2.75, 3.05) is 0 Å². The summed E-state index contributed by atoms with van der Waals surface area (Å²) in [7, 11) is 0. The lowest BCUT2D eigenvalue weighted by Crippen LogP contribution is -2.43. The van der Waals surface area contributed by atoms with Crippen molar-refractivity contribution in [1.29, 1.82) is 0 Å². The summed E-state index contributed by atoms with van der Waals surface area (Å²) in [6, 6.07) is 33.2. The van der Waals surface area contributed by atoms with E-state index in [9.17, 15) is 9.59 Å². The van der Waals surface area contributed by atoms with Crippen molar-refractivity contribution in [3.8, 4) is 0 Å². The molecule has 0 heterocycles. The molecule has 0 fully saturated rings. The number of hydrogen-bond donors (Lipinski definition) is 1. The zero-order valence-electron chi connectivity index (χ0n) is 20.3. The van der Waals surface area contributed by atoms with Gasteiger partial charge in [0.2, 0.25) is 11.8 Å². The number of amides is 2. The van der Waals surface area contributed by atoms with Crippen molar-refractivity contribution in [2.24, 2.45) is 0 Å². The molecule has 4 aromatic carbocycles. The van der Waals surface area contributed by atoms with Gasteiger partial charge in [0.15, 0.2) is 0 Å². The fraction of sp³-hybridized carbons (Fsp3) is 0.161. The highest BCUT2D eigenvalue weighted by Crippen LogP contribution is 2.26. The smallest absolute Gasteiger partial charge is 0.247 e. The maximum Gasteiger partial charge on any atom is 0.247 e. The lowest BCUT2D eigenvalue weighted by molar-refractivity contribution is -0.141. The largest absolute Gasteiger partial charge is 0.350 e. The van der Waals surface area contributed by atoms with E-state index in [0.29, 0.717) is 23.0 Å². The Morgan fingerprint density at radius 3 is 1.81 bits per heavy atom. The molecule has 0 aliphatic heterocycles. The van der Waals surface area contributed by atoms with E-state index in [2.05, 4.69) is 5.32 Å².